The third kappa shape index (κ3) is 5.67. The Morgan fingerprint density at radius 3 is 2.24 bits per heavy atom. The first kappa shape index (κ1) is 18.1. The van der Waals surface area contributed by atoms with E-state index in [9.17, 15) is 5.11 Å². The van der Waals surface area contributed by atoms with E-state index in [1.54, 1.807) is 0 Å². The molecule has 0 radical (unpaired) electrons. The number of rotatable bonds is 8. The van der Waals surface area contributed by atoms with Gasteiger partial charge < -0.3 is 10.0 Å². The number of piperazine rings is 1. The van der Waals surface area contributed by atoms with Crippen LogP contribution in [0.5, 0.6) is 0 Å². The lowest BCUT2D eigenvalue weighted by Crippen LogP contribution is -2.53. The molecule has 0 unspecified atom stereocenters. The molecular formula is C22H30N2O. The van der Waals surface area contributed by atoms with Crippen molar-refractivity contribution in [3.8, 4) is 0 Å². The van der Waals surface area contributed by atoms with E-state index < -0.39 is 0 Å². The summed E-state index contributed by atoms with van der Waals surface area (Å²) in [6.07, 6.45) is 3.21. The second-order valence-electron chi connectivity index (χ2n) is 7.01. The van der Waals surface area contributed by atoms with Crippen LogP contribution < -0.4 is 0 Å². The minimum absolute atomic E-state index is 0.272. The van der Waals surface area contributed by atoms with Gasteiger partial charge in [0, 0.05) is 38.8 Å². The molecular weight excluding hydrogens is 308 g/mol. The van der Waals surface area contributed by atoms with E-state index in [1.807, 2.05) is 0 Å². The van der Waals surface area contributed by atoms with Crippen molar-refractivity contribution in [2.24, 2.45) is 0 Å². The molecule has 3 nitrogen and oxygen atoms in total. The van der Waals surface area contributed by atoms with Crippen LogP contribution in [0.15, 0.2) is 60.7 Å². The molecule has 1 atom stereocenters. The molecule has 0 spiro atoms. The van der Waals surface area contributed by atoms with Crippen LogP contribution >= 0.6 is 0 Å². The summed E-state index contributed by atoms with van der Waals surface area (Å²) >= 11 is 0. The fraction of sp³-hybridized carbons (Fsp3) is 0.455. The molecule has 0 amide bonds. The Hall–Kier alpha value is -1.68. The van der Waals surface area contributed by atoms with Crippen molar-refractivity contribution in [2.45, 2.75) is 31.8 Å². The van der Waals surface area contributed by atoms with Gasteiger partial charge in [0.25, 0.3) is 0 Å². The maximum Gasteiger partial charge on any atom is 0.0446 e. The number of hydrogen-bond acceptors (Lipinski definition) is 3. The summed E-state index contributed by atoms with van der Waals surface area (Å²) in [7, 11) is 0. The molecule has 0 bridgehead atoms. The molecule has 0 saturated carbocycles. The minimum atomic E-state index is 0.272. The van der Waals surface area contributed by atoms with Crippen LogP contribution in [0, 0.1) is 0 Å². The van der Waals surface area contributed by atoms with E-state index in [0.29, 0.717) is 6.04 Å². The number of nitrogens with zero attached hydrogens (tertiary/aromatic N) is 2. The molecule has 134 valence electrons. The van der Waals surface area contributed by atoms with E-state index in [0.717, 1.165) is 45.6 Å². The lowest BCUT2D eigenvalue weighted by molar-refractivity contribution is 0.0533. The number of benzene rings is 2. The number of aryl methyl sites for hydroxylation is 1. The highest BCUT2D eigenvalue weighted by molar-refractivity contribution is 5.15. The molecule has 1 saturated heterocycles. The molecule has 1 aliphatic rings. The monoisotopic (exact) mass is 338 g/mol. The van der Waals surface area contributed by atoms with E-state index in [2.05, 4.69) is 70.5 Å². The van der Waals surface area contributed by atoms with Crippen molar-refractivity contribution in [3.05, 3.63) is 71.8 Å². The molecule has 0 aliphatic carbocycles. The molecule has 2 aromatic rings. The second-order valence-corrected chi connectivity index (χ2v) is 7.01. The van der Waals surface area contributed by atoms with Gasteiger partial charge in [-0.1, -0.05) is 60.7 Å². The minimum Gasteiger partial charge on any atom is -0.396 e. The largest absolute Gasteiger partial charge is 0.396 e. The van der Waals surface area contributed by atoms with Gasteiger partial charge in [-0.25, -0.2) is 0 Å². The third-order valence-corrected chi connectivity index (χ3v) is 5.16. The van der Waals surface area contributed by atoms with E-state index >= 15 is 0 Å². The first-order valence-corrected chi connectivity index (χ1v) is 9.50. The van der Waals surface area contributed by atoms with Gasteiger partial charge in [-0.3, -0.25) is 4.90 Å². The first-order valence-electron chi connectivity index (χ1n) is 9.50. The Labute approximate surface area is 151 Å². The number of aliphatic hydroxyl groups is 1. The van der Waals surface area contributed by atoms with Crippen LogP contribution in [0.3, 0.4) is 0 Å². The molecule has 25 heavy (non-hydrogen) atoms. The fourth-order valence-electron chi connectivity index (χ4n) is 3.76. The second kappa shape index (κ2) is 9.71. The number of aliphatic hydroxyl groups excluding tert-OH is 1. The van der Waals surface area contributed by atoms with Crippen molar-refractivity contribution in [1.29, 1.82) is 0 Å². The predicted octanol–water partition coefficient (Wildman–Crippen LogP) is 3.19. The van der Waals surface area contributed by atoms with Gasteiger partial charge in [0.05, 0.1) is 0 Å². The topological polar surface area (TPSA) is 26.7 Å². The molecule has 3 rings (SSSR count). The first-order chi connectivity index (χ1) is 12.3. The zero-order valence-corrected chi connectivity index (χ0v) is 15.1. The lowest BCUT2D eigenvalue weighted by Gasteiger charge is -2.41. The quantitative estimate of drug-likeness (QED) is 0.801. The van der Waals surface area contributed by atoms with Gasteiger partial charge in [0.1, 0.15) is 0 Å². The van der Waals surface area contributed by atoms with Crippen LogP contribution in [-0.2, 0) is 13.0 Å². The van der Waals surface area contributed by atoms with E-state index in [1.165, 1.54) is 17.5 Å². The fourth-order valence-corrected chi connectivity index (χ4v) is 3.76. The summed E-state index contributed by atoms with van der Waals surface area (Å²) in [5.41, 5.74) is 2.79. The molecule has 1 fully saturated rings. The maximum atomic E-state index is 9.47. The van der Waals surface area contributed by atoms with Gasteiger partial charge in [-0.05, 0) is 36.9 Å². The third-order valence-electron chi connectivity index (χ3n) is 5.16. The van der Waals surface area contributed by atoms with Gasteiger partial charge >= 0.3 is 0 Å². The molecule has 1 heterocycles. The van der Waals surface area contributed by atoms with Crippen LogP contribution in [-0.4, -0.2) is 53.7 Å². The Morgan fingerprint density at radius 1 is 0.880 bits per heavy atom. The Balaban J connectivity index is 1.48. The molecule has 1 aliphatic heterocycles. The molecule has 0 aromatic heterocycles. The van der Waals surface area contributed by atoms with Crippen LogP contribution in [0.4, 0.5) is 0 Å². The van der Waals surface area contributed by atoms with Crippen molar-refractivity contribution < 1.29 is 5.11 Å². The normalized spacial score (nSPS) is 19.2. The average molecular weight is 338 g/mol. The van der Waals surface area contributed by atoms with Crippen LogP contribution in [0.25, 0.3) is 0 Å². The highest BCUT2D eigenvalue weighted by atomic mass is 16.3. The van der Waals surface area contributed by atoms with Crippen LogP contribution in [0.2, 0.25) is 0 Å². The summed E-state index contributed by atoms with van der Waals surface area (Å²) in [4.78, 5) is 5.12. The lowest BCUT2D eigenvalue weighted by atomic mass is 10.1. The van der Waals surface area contributed by atoms with Gasteiger partial charge in [-0.15, -0.1) is 0 Å². The summed E-state index contributed by atoms with van der Waals surface area (Å²) in [5.74, 6) is 0. The van der Waals surface area contributed by atoms with Crippen molar-refractivity contribution in [3.63, 3.8) is 0 Å². The van der Waals surface area contributed by atoms with Crippen molar-refractivity contribution in [1.82, 2.24) is 9.80 Å². The molecule has 1 N–H and O–H groups in total. The van der Waals surface area contributed by atoms with Gasteiger partial charge in [0.15, 0.2) is 0 Å². The summed E-state index contributed by atoms with van der Waals surface area (Å²) in [5, 5.41) is 9.47. The zero-order valence-electron chi connectivity index (χ0n) is 15.1. The predicted molar refractivity (Wildman–Crippen MR) is 104 cm³/mol. The summed E-state index contributed by atoms with van der Waals surface area (Å²) in [6.45, 7) is 5.70. The highest BCUT2D eigenvalue weighted by Gasteiger charge is 2.26. The Bertz CT molecular complexity index is 602. The summed E-state index contributed by atoms with van der Waals surface area (Å²) < 4.78 is 0. The Kier molecular flexibility index (Phi) is 7.04. The number of hydrogen-bond donors (Lipinski definition) is 1. The van der Waals surface area contributed by atoms with E-state index in [4.69, 9.17) is 0 Å². The summed E-state index contributed by atoms with van der Waals surface area (Å²) in [6, 6.07) is 21.9. The van der Waals surface area contributed by atoms with Crippen molar-refractivity contribution >= 4 is 0 Å². The van der Waals surface area contributed by atoms with Gasteiger partial charge in [-0.2, -0.15) is 0 Å². The molecule has 3 heteroatoms. The maximum absolute atomic E-state index is 9.47. The standard InChI is InChI=1S/C22H30N2O/c25-17-13-22-19-23(14-7-12-20-8-3-1-4-9-20)15-16-24(22)18-21-10-5-2-6-11-21/h1-6,8-11,22,25H,7,12-19H2/t22-/m1/s1. The average Bonchev–Trinajstić information content (AvgIpc) is 2.66. The molecule has 2 aromatic carbocycles. The zero-order chi connectivity index (χ0) is 17.3. The van der Waals surface area contributed by atoms with E-state index in [-0.39, 0.29) is 6.61 Å². The van der Waals surface area contributed by atoms with Gasteiger partial charge in [0.2, 0.25) is 0 Å². The SMILES string of the molecule is OCC[C@@H]1CN(CCCc2ccccc2)CCN1Cc1ccccc1. The Morgan fingerprint density at radius 2 is 1.56 bits per heavy atom. The van der Waals surface area contributed by atoms with Crippen LogP contribution in [0.1, 0.15) is 24.0 Å². The highest BCUT2D eigenvalue weighted by Crippen LogP contribution is 2.17. The smallest absolute Gasteiger partial charge is 0.0446 e. The van der Waals surface area contributed by atoms with Crippen molar-refractivity contribution in [2.75, 3.05) is 32.8 Å².